The minimum absolute atomic E-state index is 0.165. The molecule has 1 fully saturated rings. The first-order chi connectivity index (χ1) is 10.9. The number of benzene rings is 1. The van der Waals surface area contributed by atoms with E-state index in [1.165, 1.54) is 33.8 Å². The molecule has 0 radical (unpaired) electrons. The van der Waals surface area contributed by atoms with Gasteiger partial charge in [0.05, 0.1) is 5.92 Å². The number of fused-ring (bicyclic) bond motifs is 1. The maximum absolute atomic E-state index is 10.8. The van der Waals surface area contributed by atoms with Crippen molar-refractivity contribution >= 4 is 23.3 Å². The summed E-state index contributed by atoms with van der Waals surface area (Å²) in [5.41, 5.74) is 4.18. The van der Waals surface area contributed by atoms with Crippen molar-refractivity contribution < 1.29 is 9.90 Å². The first-order valence-corrected chi connectivity index (χ1v) is 9.22. The molecule has 1 aliphatic carbocycles. The smallest absolute Gasteiger partial charge is 0.307 e. The molecule has 0 aromatic heterocycles. The molecule has 3 rings (SSSR count). The summed E-state index contributed by atoms with van der Waals surface area (Å²) < 4.78 is 0. The van der Waals surface area contributed by atoms with Crippen molar-refractivity contribution in [3.05, 3.63) is 47.6 Å². The monoisotopic (exact) mass is 328 g/mol. The van der Waals surface area contributed by atoms with Crippen LogP contribution >= 0.6 is 11.8 Å². The molecule has 1 aromatic rings. The minimum Gasteiger partial charge on any atom is -0.481 e. The van der Waals surface area contributed by atoms with Gasteiger partial charge in [-0.15, -0.1) is 11.8 Å². The zero-order valence-corrected chi connectivity index (χ0v) is 14.8. The second-order valence-electron chi connectivity index (χ2n) is 7.27. The number of hydrogen-bond acceptors (Lipinski definition) is 2. The van der Waals surface area contributed by atoms with Gasteiger partial charge in [0.1, 0.15) is 0 Å². The number of carboxylic acids is 1. The number of rotatable bonds is 4. The Morgan fingerprint density at radius 1 is 1.39 bits per heavy atom. The van der Waals surface area contributed by atoms with Crippen molar-refractivity contribution in [1.29, 1.82) is 0 Å². The molecule has 0 amide bonds. The van der Waals surface area contributed by atoms with Crippen molar-refractivity contribution in [2.24, 2.45) is 11.8 Å². The van der Waals surface area contributed by atoms with Crippen LogP contribution in [0.4, 0.5) is 0 Å². The fourth-order valence-electron chi connectivity index (χ4n) is 3.13. The van der Waals surface area contributed by atoms with Crippen LogP contribution in [-0.4, -0.2) is 16.8 Å². The molecule has 0 bridgehead atoms. The summed E-state index contributed by atoms with van der Waals surface area (Å²) in [4.78, 5) is 12.2. The van der Waals surface area contributed by atoms with E-state index in [2.05, 4.69) is 45.0 Å². The van der Waals surface area contributed by atoms with E-state index in [0.29, 0.717) is 0 Å². The second kappa shape index (κ2) is 6.20. The maximum atomic E-state index is 10.8. The van der Waals surface area contributed by atoms with Crippen LogP contribution in [0.15, 0.2) is 41.3 Å². The van der Waals surface area contributed by atoms with Crippen molar-refractivity contribution in [3.63, 3.8) is 0 Å². The fourth-order valence-corrected chi connectivity index (χ4v) is 4.62. The molecule has 23 heavy (non-hydrogen) atoms. The highest BCUT2D eigenvalue weighted by molar-refractivity contribution is 7.99. The van der Waals surface area contributed by atoms with Crippen molar-refractivity contribution in [1.82, 2.24) is 0 Å². The van der Waals surface area contributed by atoms with Gasteiger partial charge in [0, 0.05) is 4.90 Å². The van der Waals surface area contributed by atoms with E-state index in [4.69, 9.17) is 5.11 Å². The largest absolute Gasteiger partial charge is 0.481 e. The Bertz CT molecular complexity index is 685. The zero-order valence-electron chi connectivity index (χ0n) is 14.0. The summed E-state index contributed by atoms with van der Waals surface area (Å²) in [5, 5.41) is 8.92. The quantitative estimate of drug-likeness (QED) is 0.778. The van der Waals surface area contributed by atoms with Gasteiger partial charge in [-0.2, -0.15) is 0 Å². The normalized spacial score (nSPS) is 26.1. The van der Waals surface area contributed by atoms with Gasteiger partial charge in [-0.3, -0.25) is 4.79 Å². The average molecular weight is 328 g/mol. The van der Waals surface area contributed by atoms with E-state index in [1.54, 1.807) is 0 Å². The van der Waals surface area contributed by atoms with Crippen molar-refractivity contribution in [2.75, 3.05) is 5.75 Å². The van der Waals surface area contributed by atoms with Crippen LogP contribution in [0.2, 0.25) is 0 Å². The second-order valence-corrected chi connectivity index (χ2v) is 8.41. The van der Waals surface area contributed by atoms with Crippen LogP contribution in [0.3, 0.4) is 0 Å². The Balaban J connectivity index is 1.75. The van der Waals surface area contributed by atoms with E-state index in [9.17, 15) is 4.79 Å². The third kappa shape index (κ3) is 3.55. The van der Waals surface area contributed by atoms with Gasteiger partial charge in [-0.1, -0.05) is 38.1 Å². The Morgan fingerprint density at radius 2 is 2.17 bits per heavy atom. The first-order valence-electron chi connectivity index (χ1n) is 8.24. The summed E-state index contributed by atoms with van der Waals surface area (Å²) >= 11 is 1.96. The van der Waals surface area contributed by atoms with Crippen LogP contribution in [0.5, 0.6) is 0 Å². The number of hydrogen-bond donors (Lipinski definition) is 1. The summed E-state index contributed by atoms with van der Waals surface area (Å²) in [6.45, 7) is 6.78. The Hall–Kier alpha value is -1.48. The van der Waals surface area contributed by atoms with Gasteiger partial charge in [-0.25, -0.2) is 0 Å². The van der Waals surface area contributed by atoms with Crippen LogP contribution in [-0.2, 0) is 10.2 Å². The van der Waals surface area contributed by atoms with E-state index in [0.717, 1.165) is 6.42 Å². The van der Waals surface area contributed by atoms with Crippen LogP contribution in [0.25, 0.3) is 5.57 Å². The Labute approximate surface area is 142 Å². The summed E-state index contributed by atoms with van der Waals surface area (Å²) in [7, 11) is 0. The van der Waals surface area contributed by atoms with Gasteiger partial charge in [0.2, 0.25) is 0 Å². The molecule has 2 nitrogen and oxygen atoms in total. The molecule has 2 aliphatic rings. The lowest BCUT2D eigenvalue weighted by Crippen LogP contribution is -2.22. The number of aliphatic carboxylic acids is 1. The summed E-state index contributed by atoms with van der Waals surface area (Å²) in [6.07, 6.45) is 8.14. The molecule has 1 aliphatic heterocycles. The molecule has 0 saturated heterocycles. The van der Waals surface area contributed by atoms with Gasteiger partial charge < -0.3 is 5.11 Å². The molecule has 1 heterocycles. The molecule has 122 valence electrons. The Morgan fingerprint density at radius 3 is 2.87 bits per heavy atom. The third-order valence-corrected chi connectivity index (χ3v) is 6.09. The third-order valence-electron chi connectivity index (χ3n) is 5.01. The maximum Gasteiger partial charge on any atom is 0.307 e. The molecule has 3 heteroatoms. The zero-order chi connectivity index (χ0) is 16.6. The lowest BCUT2D eigenvalue weighted by Gasteiger charge is -2.32. The van der Waals surface area contributed by atoms with E-state index < -0.39 is 5.97 Å². The molecular weight excluding hydrogens is 304 g/mol. The molecule has 1 N–H and O–H groups in total. The number of carbonyl (C=O) groups is 1. The lowest BCUT2D eigenvalue weighted by atomic mass is 9.80. The predicted molar refractivity (Wildman–Crippen MR) is 96.8 cm³/mol. The number of allylic oxidation sites excluding steroid dienone is 4. The standard InChI is InChI=1S/C20H24O2S/c1-13(5-4-6-15-11-16(15)19(21)22)14-7-8-18-17(12-14)20(2,3)9-10-23-18/h4-8,12,15-16H,9-11H2,1-3H3,(H,21,22)/b6-4+,13-5+/t15-,16-/m0/s1. The first kappa shape index (κ1) is 16.4. The molecule has 1 saturated carbocycles. The predicted octanol–water partition coefficient (Wildman–Crippen LogP) is 5.14. The van der Waals surface area contributed by atoms with E-state index in [-0.39, 0.29) is 17.3 Å². The fraction of sp³-hybridized carbons (Fsp3) is 0.450. The van der Waals surface area contributed by atoms with Gasteiger partial charge in [0.25, 0.3) is 0 Å². The van der Waals surface area contributed by atoms with E-state index >= 15 is 0 Å². The van der Waals surface area contributed by atoms with Gasteiger partial charge >= 0.3 is 5.97 Å². The average Bonchev–Trinajstić information content (AvgIpc) is 3.26. The number of thioether (sulfide) groups is 1. The summed E-state index contributed by atoms with van der Waals surface area (Å²) in [5.74, 6) is 0.579. The van der Waals surface area contributed by atoms with Crippen molar-refractivity contribution in [3.8, 4) is 0 Å². The number of carboxylic acid groups (broad SMARTS) is 1. The molecule has 2 atom stereocenters. The van der Waals surface area contributed by atoms with Gasteiger partial charge in [-0.05, 0) is 65.7 Å². The highest BCUT2D eigenvalue weighted by Gasteiger charge is 2.40. The summed E-state index contributed by atoms with van der Waals surface area (Å²) in [6, 6.07) is 6.78. The van der Waals surface area contributed by atoms with Crippen LogP contribution < -0.4 is 0 Å². The highest BCUT2D eigenvalue weighted by atomic mass is 32.2. The lowest BCUT2D eigenvalue weighted by molar-refractivity contribution is -0.138. The van der Waals surface area contributed by atoms with Crippen LogP contribution in [0.1, 0.15) is 44.7 Å². The molecule has 0 spiro atoms. The van der Waals surface area contributed by atoms with Crippen molar-refractivity contribution in [2.45, 2.75) is 43.9 Å². The van der Waals surface area contributed by atoms with Gasteiger partial charge in [0.15, 0.2) is 0 Å². The van der Waals surface area contributed by atoms with Crippen LogP contribution in [0, 0.1) is 11.8 Å². The topological polar surface area (TPSA) is 37.3 Å². The Kier molecular flexibility index (Phi) is 4.41. The molecular formula is C20H24O2S. The van der Waals surface area contributed by atoms with E-state index in [1.807, 2.05) is 23.9 Å². The molecule has 1 aromatic carbocycles. The minimum atomic E-state index is -0.672. The molecule has 0 unspecified atom stereocenters. The SMILES string of the molecule is C/C(=C\C=C\[C@H]1C[C@@H]1C(=O)O)c1ccc2c(c1)C(C)(C)CCS2. The highest BCUT2D eigenvalue weighted by Crippen LogP contribution is 2.42.